The van der Waals surface area contributed by atoms with Gasteiger partial charge in [0.05, 0.1) is 12.2 Å². The summed E-state index contributed by atoms with van der Waals surface area (Å²) in [4.78, 5) is 8.25. The molecule has 5 nitrogen and oxygen atoms in total. The summed E-state index contributed by atoms with van der Waals surface area (Å²) in [6.07, 6.45) is 5.28. The van der Waals surface area contributed by atoms with Gasteiger partial charge in [-0.2, -0.15) is 5.10 Å². The molecule has 0 radical (unpaired) electrons. The fourth-order valence-electron chi connectivity index (χ4n) is 1.30. The molecule has 2 aromatic heterocycles. The van der Waals surface area contributed by atoms with Gasteiger partial charge in [0, 0.05) is 32.2 Å². The van der Waals surface area contributed by atoms with Gasteiger partial charge in [0.25, 0.3) is 0 Å². The van der Waals surface area contributed by atoms with Crippen LogP contribution in [-0.4, -0.2) is 19.7 Å². The summed E-state index contributed by atoms with van der Waals surface area (Å²) in [7, 11) is 1.93. The lowest BCUT2D eigenvalue weighted by Gasteiger charge is -2.03. The van der Waals surface area contributed by atoms with Crippen LogP contribution >= 0.6 is 0 Å². The summed E-state index contributed by atoms with van der Waals surface area (Å²) in [5.74, 6) is 0.805. The highest BCUT2D eigenvalue weighted by atomic mass is 15.3. The highest BCUT2D eigenvalue weighted by Gasteiger charge is 1.98. The lowest BCUT2D eigenvalue weighted by atomic mass is 10.4. The lowest BCUT2D eigenvalue weighted by Crippen LogP contribution is -2.16. The van der Waals surface area contributed by atoms with Crippen molar-refractivity contribution in [1.29, 1.82) is 0 Å². The summed E-state index contributed by atoms with van der Waals surface area (Å²) < 4.78 is 1.85. The third-order valence-electron chi connectivity index (χ3n) is 2.13. The molecule has 15 heavy (non-hydrogen) atoms. The van der Waals surface area contributed by atoms with E-state index >= 15 is 0 Å². The molecule has 0 saturated heterocycles. The van der Waals surface area contributed by atoms with E-state index in [2.05, 4.69) is 20.4 Å². The zero-order chi connectivity index (χ0) is 10.5. The van der Waals surface area contributed by atoms with Crippen molar-refractivity contribution in [2.75, 3.05) is 0 Å². The molecular weight excluding hydrogens is 190 g/mol. The standard InChI is InChI=1S/C10H13N5/c1-15-9(3-6-14-15)7-11-8-10-12-4-2-5-13-10/h2-6,11H,7-8H2,1H3. The topological polar surface area (TPSA) is 55.6 Å². The van der Waals surface area contributed by atoms with Crippen LogP contribution in [0, 0.1) is 0 Å². The molecule has 0 aliphatic rings. The first-order valence-electron chi connectivity index (χ1n) is 4.80. The molecule has 78 valence electrons. The second kappa shape index (κ2) is 4.65. The van der Waals surface area contributed by atoms with E-state index in [1.165, 1.54) is 0 Å². The molecule has 1 N–H and O–H groups in total. The van der Waals surface area contributed by atoms with E-state index in [1.54, 1.807) is 18.6 Å². The number of nitrogens with zero attached hydrogens (tertiary/aromatic N) is 4. The summed E-state index contributed by atoms with van der Waals surface area (Å²) in [5, 5.41) is 7.35. The molecule has 5 heteroatoms. The largest absolute Gasteiger partial charge is 0.304 e. The van der Waals surface area contributed by atoms with Crippen molar-refractivity contribution >= 4 is 0 Å². The molecule has 0 amide bonds. The second-order valence-electron chi connectivity index (χ2n) is 3.21. The number of hydrogen-bond acceptors (Lipinski definition) is 4. The summed E-state index contributed by atoms with van der Waals surface area (Å²) >= 11 is 0. The van der Waals surface area contributed by atoms with Crippen molar-refractivity contribution < 1.29 is 0 Å². The Morgan fingerprint density at radius 2 is 2.00 bits per heavy atom. The third-order valence-corrected chi connectivity index (χ3v) is 2.13. The van der Waals surface area contributed by atoms with Crippen molar-refractivity contribution in [3.8, 4) is 0 Å². The van der Waals surface area contributed by atoms with Crippen LogP contribution in [0.3, 0.4) is 0 Å². The van der Waals surface area contributed by atoms with E-state index < -0.39 is 0 Å². The molecule has 0 atom stereocenters. The van der Waals surface area contributed by atoms with Crippen LogP contribution in [0.2, 0.25) is 0 Å². The van der Waals surface area contributed by atoms with Crippen molar-refractivity contribution in [1.82, 2.24) is 25.1 Å². The Kier molecular flexibility index (Phi) is 3.04. The minimum atomic E-state index is 0.673. The second-order valence-corrected chi connectivity index (χ2v) is 3.21. The van der Waals surface area contributed by atoms with Crippen LogP contribution in [-0.2, 0) is 20.1 Å². The first kappa shape index (κ1) is 9.79. The average molecular weight is 203 g/mol. The molecule has 2 aromatic rings. The van der Waals surface area contributed by atoms with Crippen molar-refractivity contribution in [3.63, 3.8) is 0 Å². The van der Waals surface area contributed by atoms with E-state index in [1.807, 2.05) is 23.9 Å². The van der Waals surface area contributed by atoms with Crippen LogP contribution in [0.1, 0.15) is 11.5 Å². The minimum Gasteiger partial charge on any atom is -0.304 e. The zero-order valence-electron chi connectivity index (χ0n) is 8.59. The summed E-state index contributed by atoms with van der Waals surface area (Å²) in [6.45, 7) is 1.45. The van der Waals surface area contributed by atoms with Gasteiger partial charge in [-0.1, -0.05) is 0 Å². The fourth-order valence-corrected chi connectivity index (χ4v) is 1.30. The lowest BCUT2D eigenvalue weighted by molar-refractivity contribution is 0.611. The molecule has 0 aromatic carbocycles. The first-order valence-corrected chi connectivity index (χ1v) is 4.80. The number of nitrogens with one attached hydrogen (secondary N) is 1. The quantitative estimate of drug-likeness (QED) is 0.786. The smallest absolute Gasteiger partial charge is 0.141 e. The van der Waals surface area contributed by atoms with Gasteiger partial charge in [0.1, 0.15) is 5.82 Å². The van der Waals surface area contributed by atoms with Crippen LogP contribution in [0.25, 0.3) is 0 Å². The SMILES string of the molecule is Cn1nccc1CNCc1ncccn1. The van der Waals surface area contributed by atoms with Crippen LogP contribution in [0.15, 0.2) is 30.7 Å². The number of hydrogen-bond donors (Lipinski definition) is 1. The van der Waals surface area contributed by atoms with E-state index in [9.17, 15) is 0 Å². The van der Waals surface area contributed by atoms with Crippen LogP contribution < -0.4 is 5.32 Å². The van der Waals surface area contributed by atoms with Gasteiger partial charge in [0.2, 0.25) is 0 Å². The van der Waals surface area contributed by atoms with Gasteiger partial charge in [-0.05, 0) is 12.1 Å². The maximum atomic E-state index is 4.12. The Balaban J connectivity index is 1.83. The molecule has 0 bridgehead atoms. The Bertz CT molecular complexity index is 409. The molecule has 0 aliphatic carbocycles. The molecule has 0 aliphatic heterocycles. The van der Waals surface area contributed by atoms with E-state index in [0.29, 0.717) is 6.54 Å². The molecule has 0 unspecified atom stereocenters. The first-order chi connectivity index (χ1) is 7.36. The maximum Gasteiger partial charge on any atom is 0.141 e. The molecular formula is C10H13N5. The van der Waals surface area contributed by atoms with E-state index in [-0.39, 0.29) is 0 Å². The van der Waals surface area contributed by atoms with Gasteiger partial charge in [0.15, 0.2) is 0 Å². The summed E-state index contributed by atoms with van der Waals surface area (Å²) in [5.41, 5.74) is 1.14. The molecule has 0 saturated carbocycles. The van der Waals surface area contributed by atoms with Crippen LogP contribution in [0.4, 0.5) is 0 Å². The fraction of sp³-hybridized carbons (Fsp3) is 0.300. The van der Waals surface area contributed by atoms with Crippen molar-refractivity contribution in [3.05, 3.63) is 42.2 Å². The molecule has 2 heterocycles. The third kappa shape index (κ3) is 2.60. The Morgan fingerprint density at radius 3 is 2.67 bits per heavy atom. The van der Waals surface area contributed by atoms with Gasteiger partial charge in [-0.3, -0.25) is 4.68 Å². The average Bonchev–Trinajstić information content (AvgIpc) is 2.66. The molecule has 0 spiro atoms. The van der Waals surface area contributed by atoms with Crippen LogP contribution in [0.5, 0.6) is 0 Å². The van der Waals surface area contributed by atoms with Crippen molar-refractivity contribution in [2.24, 2.45) is 7.05 Å². The predicted molar refractivity (Wildman–Crippen MR) is 55.8 cm³/mol. The Labute approximate surface area is 88.2 Å². The highest BCUT2D eigenvalue weighted by Crippen LogP contribution is 1.95. The van der Waals surface area contributed by atoms with E-state index in [4.69, 9.17) is 0 Å². The number of rotatable bonds is 4. The highest BCUT2D eigenvalue weighted by molar-refractivity contribution is 4.99. The predicted octanol–water partition coefficient (Wildman–Crippen LogP) is 0.500. The monoisotopic (exact) mass is 203 g/mol. The van der Waals surface area contributed by atoms with Gasteiger partial charge in [-0.15, -0.1) is 0 Å². The Hall–Kier alpha value is -1.75. The minimum absolute atomic E-state index is 0.673. The maximum absolute atomic E-state index is 4.12. The van der Waals surface area contributed by atoms with Gasteiger partial charge >= 0.3 is 0 Å². The zero-order valence-corrected chi connectivity index (χ0v) is 8.59. The van der Waals surface area contributed by atoms with E-state index in [0.717, 1.165) is 18.1 Å². The number of aryl methyl sites for hydroxylation is 1. The Morgan fingerprint density at radius 1 is 1.20 bits per heavy atom. The van der Waals surface area contributed by atoms with Gasteiger partial charge < -0.3 is 5.32 Å². The van der Waals surface area contributed by atoms with Crippen molar-refractivity contribution in [2.45, 2.75) is 13.1 Å². The van der Waals surface area contributed by atoms with Gasteiger partial charge in [-0.25, -0.2) is 9.97 Å². The normalized spacial score (nSPS) is 10.5. The number of aromatic nitrogens is 4. The molecule has 2 rings (SSSR count). The molecule has 0 fully saturated rings. The summed E-state index contributed by atoms with van der Waals surface area (Å²) in [6, 6.07) is 3.80.